The molecule has 0 aliphatic rings. The summed E-state index contributed by atoms with van der Waals surface area (Å²) in [5, 5.41) is 5.32. The standard InChI is InChI=1S/C13H19N3S/c1-9(2)10(7-14-3)13-15-8-11(16-13)12-5-4-6-17-12/h4-6,8-10,14H,7H2,1-3H3,(H,15,16). The molecule has 0 radical (unpaired) electrons. The zero-order chi connectivity index (χ0) is 12.3. The highest BCUT2D eigenvalue weighted by Crippen LogP contribution is 2.26. The van der Waals surface area contributed by atoms with Gasteiger partial charge in [-0.1, -0.05) is 19.9 Å². The summed E-state index contributed by atoms with van der Waals surface area (Å²) < 4.78 is 0. The Labute approximate surface area is 106 Å². The summed E-state index contributed by atoms with van der Waals surface area (Å²) in [7, 11) is 1.98. The number of H-pyrrole nitrogens is 1. The molecule has 3 nitrogen and oxygen atoms in total. The molecular formula is C13H19N3S. The average Bonchev–Trinajstić information content (AvgIpc) is 2.95. The summed E-state index contributed by atoms with van der Waals surface area (Å²) in [5.74, 6) is 2.09. The van der Waals surface area contributed by atoms with Gasteiger partial charge >= 0.3 is 0 Å². The van der Waals surface area contributed by atoms with E-state index in [-0.39, 0.29) is 0 Å². The summed E-state index contributed by atoms with van der Waals surface area (Å²) in [6.07, 6.45) is 1.94. The van der Waals surface area contributed by atoms with Crippen LogP contribution >= 0.6 is 11.3 Å². The van der Waals surface area contributed by atoms with Gasteiger partial charge in [-0.2, -0.15) is 0 Å². The lowest BCUT2D eigenvalue weighted by atomic mass is 9.95. The van der Waals surface area contributed by atoms with E-state index in [1.54, 1.807) is 11.3 Å². The van der Waals surface area contributed by atoms with Gasteiger partial charge in [0, 0.05) is 12.5 Å². The molecule has 0 bridgehead atoms. The maximum absolute atomic E-state index is 4.52. The molecule has 0 spiro atoms. The second-order valence-electron chi connectivity index (χ2n) is 4.57. The number of rotatable bonds is 5. The largest absolute Gasteiger partial charge is 0.341 e. The molecule has 0 fully saturated rings. The quantitative estimate of drug-likeness (QED) is 0.855. The maximum Gasteiger partial charge on any atom is 0.111 e. The Balaban J connectivity index is 2.22. The third-order valence-electron chi connectivity index (χ3n) is 2.96. The first kappa shape index (κ1) is 12.3. The molecule has 0 saturated heterocycles. The normalized spacial score (nSPS) is 13.2. The molecule has 17 heavy (non-hydrogen) atoms. The molecule has 0 aromatic carbocycles. The third kappa shape index (κ3) is 2.76. The Kier molecular flexibility index (Phi) is 3.97. The number of aromatic amines is 1. The molecule has 92 valence electrons. The van der Waals surface area contributed by atoms with E-state index in [1.165, 1.54) is 4.88 Å². The minimum atomic E-state index is 0.439. The van der Waals surface area contributed by atoms with E-state index >= 15 is 0 Å². The predicted molar refractivity (Wildman–Crippen MR) is 73.4 cm³/mol. The molecule has 0 aliphatic carbocycles. The fourth-order valence-corrected chi connectivity index (χ4v) is 2.64. The Morgan fingerprint density at radius 3 is 2.88 bits per heavy atom. The van der Waals surface area contributed by atoms with Crippen molar-refractivity contribution in [3.8, 4) is 10.6 Å². The van der Waals surface area contributed by atoms with Gasteiger partial charge in [0.05, 0.1) is 16.8 Å². The lowest BCUT2D eigenvalue weighted by Crippen LogP contribution is -2.22. The van der Waals surface area contributed by atoms with Crippen LogP contribution in [0.4, 0.5) is 0 Å². The van der Waals surface area contributed by atoms with Crippen LogP contribution in [0.5, 0.6) is 0 Å². The molecule has 0 amide bonds. The van der Waals surface area contributed by atoms with Crippen LogP contribution in [0.15, 0.2) is 23.7 Å². The minimum Gasteiger partial charge on any atom is -0.341 e. The SMILES string of the molecule is CNCC(c1ncc(-c2cccs2)[nH]1)C(C)C. The van der Waals surface area contributed by atoms with Crippen LogP contribution in [-0.4, -0.2) is 23.6 Å². The summed E-state index contributed by atoms with van der Waals surface area (Å²) in [4.78, 5) is 9.21. The Morgan fingerprint density at radius 2 is 2.29 bits per heavy atom. The van der Waals surface area contributed by atoms with Gasteiger partial charge in [-0.15, -0.1) is 11.3 Å². The third-order valence-corrected chi connectivity index (χ3v) is 3.87. The number of aromatic nitrogens is 2. The van der Waals surface area contributed by atoms with E-state index in [0.717, 1.165) is 18.1 Å². The van der Waals surface area contributed by atoms with Crippen molar-refractivity contribution in [3.63, 3.8) is 0 Å². The zero-order valence-electron chi connectivity index (χ0n) is 10.5. The van der Waals surface area contributed by atoms with Crippen molar-refractivity contribution in [3.05, 3.63) is 29.5 Å². The second-order valence-corrected chi connectivity index (χ2v) is 5.52. The monoisotopic (exact) mass is 249 g/mol. The first-order valence-corrected chi connectivity index (χ1v) is 6.83. The van der Waals surface area contributed by atoms with Crippen LogP contribution in [0.1, 0.15) is 25.6 Å². The number of hydrogen-bond acceptors (Lipinski definition) is 3. The fraction of sp³-hybridized carbons (Fsp3) is 0.462. The lowest BCUT2D eigenvalue weighted by Gasteiger charge is -2.17. The Hall–Kier alpha value is -1.13. The van der Waals surface area contributed by atoms with E-state index < -0.39 is 0 Å². The predicted octanol–water partition coefficient (Wildman–Crippen LogP) is 3.10. The maximum atomic E-state index is 4.52. The van der Waals surface area contributed by atoms with Crippen LogP contribution in [0, 0.1) is 5.92 Å². The molecule has 2 N–H and O–H groups in total. The van der Waals surface area contributed by atoms with E-state index in [9.17, 15) is 0 Å². The van der Waals surface area contributed by atoms with E-state index in [1.807, 2.05) is 13.2 Å². The van der Waals surface area contributed by atoms with Gasteiger partial charge in [0.2, 0.25) is 0 Å². The number of likely N-dealkylation sites (N-methyl/N-ethyl adjacent to an activating group) is 1. The van der Waals surface area contributed by atoms with E-state index in [2.05, 4.69) is 46.6 Å². The number of imidazole rings is 1. The fourth-order valence-electron chi connectivity index (χ4n) is 1.95. The minimum absolute atomic E-state index is 0.439. The molecule has 1 atom stereocenters. The summed E-state index contributed by atoms with van der Waals surface area (Å²) >= 11 is 1.74. The van der Waals surface area contributed by atoms with Gasteiger partial charge in [-0.05, 0) is 24.4 Å². The van der Waals surface area contributed by atoms with Gasteiger partial charge in [0.25, 0.3) is 0 Å². The highest BCUT2D eigenvalue weighted by molar-refractivity contribution is 7.13. The molecule has 2 heterocycles. The molecular weight excluding hydrogens is 230 g/mol. The summed E-state index contributed by atoms with van der Waals surface area (Å²) in [6, 6.07) is 4.18. The van der Waals surface area contributed by atoms with Crippen molar-refractivity contribution in [1.29, 1.82) is 0 Å². The molecule has 2 aromatic rings. The highest BCUT2D eigenvalue weighted by atomic mass is 32.1. The van der Waals surface area contributed by atoms with Crippen LogP contribution < -0.4 is 5.32 Å². The van der Waals surface area contributed by atoms with Gasteiger partial charge in [0.15, 0.2) is 0 Å². The lowest BCUT2D eigenvalue weighted by molar-refractivity contribution is 0.461. The Morgan fingerprint density at radius 1 is 1.47 bits per heavy atom. The second kappa shape index (κ2) is 5.47. The average molecular weight is 249 g/mol. The van der Waals surface area contributed by atoms with E-state index in [0.29, 0.717) is 11.8 Å². The smallest absolute Gasteiger partial charge is 0.111 e. The van der Waals surface area contributed by atoms with Gasteiger partial charge in [-0.25, -0.2) is 4.98 Å². The number of nitrogens with one attached hydrogen (secondary N) is 2. The highest BCUT2D eigenvalue weighted by Gasteiger charge is 2.18. The number of nitrogens with zero attached hydrogens (tertiary/aromatic N) is 1. The van der Waals surface area contributed by atoms with Crippen molar-refractivity contribution in [2.75, 3.05) is 13.6 Å². The molecule has 0 aliphatic heterocycles. The van der Waals surface area contributed by atoms with Crippen molar-refractivity contribution >= 4 is 11.3 Å². The number of thiophene rings is 1. The Bertz CT molecular complexity index is 445. The summed E-state index contributed by atoms with van der Waals surface area (Å²) in [6.45, 7) is 5.42. The van der Waals surface area contributed by atoms with Gasteiger partial charge in [-0.3, -0.25) is 0 Å². The van der Waals surface area contributed by atoms with Crippen LogP contribution in [0.25, 0.3) is 10.6 Å². The van der Waals surface area contributed by atoms with Crippen molar-refractivity contribution in [2.45, 2.75) is 19.8 Å². The first-order valence-electron chi connectivity index (χ1n) is 5.95. The van der Waals surface area contributed by atoms with Crippen LogP contribution in [0.2, 0.25) is 0 Å². The topological polar surface area (TPSA) is 40.7 Å². The molecule has 2 rings (SSSR count). The van der Waals surface area contributed by atoms with Crippen molar-refractivity contribution in [2.24, 2.45) is 5.92 Å². The molecule has 1 unspecified atom stereocenters. The van der Waals surface area contributed by atoms with Crippen molar-refractivity contribution < 1.29 is 0 Å². The van der Waals surface area contributed by atoms with Gasteiger partial charge in [0.1, 0.15) is 5.82 Å². The zero-order valence-corrected chi connectivity index (χ0v) is 11.3. The van der Waals surface area contributed by atoms with Crippen LogP contribution in [-0.2, 0) is 0 Å². The first-order chi connectivity index (χ1) is 8.22. The van der Waals surface area contributed by atoms with E-state index in [4.69, 9.17) is 0 Å². The summed E-state index contributed by atoms with van der Waals surface area (Å²) in [5.41, 5.74) is 1.12. The van der Waals surface area contributed by atoms with Crippen molar-refractivity contribution in [1.82, 2.24) is 15.3 Å². The molecule has 0 saturated carbocycles. The van der Waals surface area contributed by atoms with Gasteiger partial charge < -0.3 is 10.3 Å². The molecule has 4 heteroatoms. The molecule has 2 aromatic heterocycles. The van der Waals surface area contributed by atoms with Crippen LogP contribution in [0.3, 0.4) is 0 Å². The number of hydrogen-bond donors (Lipinski definition) is 2.